The van der Waals surface area contributed by atoms with Gasteiger partial charge in [-0.25, -0.2) is 0 Å². The predicted octanol–water partition coefficient (Wildman–Crippen LogP) is 3.50. The minimum absolute atomic E-state index is 0.112. The topological polar surface area (TPSA) is 81.2 Å². The van der Waals surface area contributed by atoms with Crippen molar-refractivity contribution in [3.8, 4) is 29.0 Å². The molecular formula is C18H15N3O3. The third-order valence-corrected chi connectivity index (χ3v) is 3.42. The highest BCUT2D eigenvalue weighted by molar-refractivity contribution is 5.54. The zero-order valence-electron chi connectivity index (χ0n) is 13.3. The van der Waals surface area contributed by atoms with E-state index in [4.69, 9.17) is 19.3 Å². The molecule has 0 aliphatic rings. The Morgan fingerprint density at radius 3 is 2.62 bits per heavy atom. The van der Waals surface area contributed by atoms with Gasteiger partial charge >= 0.3 is 0 Å². The van der Waals surface area contributed by atoms with Gasteiger partial charge in [0.25, 0.3) is 5.89 Å². The zero-order valence-corrected chi connectivity index (χ0v) is 13.3. The lowest BCUT2D eigenvalue weighted by molar-refractivity contribution is 0.233. The Morgan fingerprint density at radius 2 is 1.92 bits per heavy atom. The Kier molecular flexibility index (Phi) is 4.43. The molecule has 1 aromatic heterocycles. The maximum atomic E-state index is 8.90. The molecule has 0 aliphatic heterocycles. The van der Waals surface area contributed by atoms with Crippen molar-refractivity contribution in [1.82, 2.24) is 10.1 Å². The van der Waals surface area contributed by atoms with Crippen LogP contribution in [0.1, 0.15) is 17.0 Å². The van der Waals surface area contributed by atoms with E-state index in [9.17, 15) is 0 Å². The molecule has 0 atom stereocenters. The molecule has 0 unspecified atom stereocenters. The van der Waals surface area contributed by atoms with Crippen LogP contribution < -0.4 is 9.47 Å². The Bertz CT molecular complexity index is 879. The number of hydrogen-bond acceptors (Lipinski definition) is 6. The van der Waals surface area contributed by atoms with Crippen molar-refractivity contribution in [3.63, 3.8) is 0 Å². The van der Waals surface area contributed by atoms with Gasteiger partial charge in [0.05, 0.1) is 18.7 Å². The van der Waals surface area contributed by atoms with Gasteiger partial charge < -0.3 is 14.0 Å². The summed E-state index contributed by atoms with van der Waals surface area (Å²) in [5, 5.41) is 12.9. The van der Waals surface area contributed by atoms with Crippen molar-refractivity contribution in [2.45, 2.75) is 13.5 Å². The standard InChI is InChI=1S/C18H15N3O3/c1-12-3-6-14(7-4-12)18-20-17(24-21-18)11-23-15-8-5-13(10-19)9-16(15)22-2/h3-9H,11H2,1-2H3. The number of nitriles is 1. The molecule has 6 heteroatoms. The second-order valence-corrected chi connectivity index (χ2v) is 5.14. The summed E-state index contributed by atoms with van der Waals surface area (Å²) in [6.45, 7) is 2.13. The van der Waals surface area contributed by atoms with Crippen LogP contribution in [-0.2, 0) is 6.61 Å². The molecule has 0 saturated carbocycles. The van der Waals surface area contributed by atoms with E-state index in [1.54, 1.807) is 18.2 Å². The number of ether oxygens (including phenoxy) is 2. The summed E-state index contributed by atoms with van der Waals surface area (Å²) in [5.74, 6) is 1.86. The van der Waals surface area contributed by atoms with Gasteiger partial charge in [-0.15, -0.1) is 0 Å². The highest BCUT2D eigenvalue weighted by Crippen LogP contribution is 2.28. The molecule has 120 valence electrons. The van der Waals surface area contributed by atoms with E-state index in [1.807, 2.05) is 31.2 Å². The number of aromatic nitrogens is 2. The van der Waals surface area contributed by atoms with Gasteiger partial charge in [0.15, 0.2) is 18.1 Å². The first kappa shape index (κ1) is 15.6. The molecule has 1 heterocycles. The minimum atomic E-state index is 0.112. The van der Waals surface area contributed by atoms with Crippen molar-refractivity contribution in [2.24, 2.45) is 0 Å². The fourth-order valence-corrected chi connectivity index (χ4v) is 2.13. The lowest BCUT2D eigenvalue weighted by atomic mass is 10.1. The maximum Gasteiger partial charge on any atom is 0.264 e. The van der Waals surface area contributed by atoms with E-state index in [-0.39, 0.29) is 6.61 Å². The van der Waals surface area contributed by atoms with Gasteiger partial charge in [-0.05, 0) is 19.1 Å². The molecule has 0 aliphatic carbocycles. The van der Waals surface area contributed by atoms with Crippen LogP contribution in [0.15, 0.2) is 47.0 Å². The molecule has 0 amide bonds. The molecule has 3 rings (SSSR count). The summed E-state index contributed by atoms with van der Waals surface area (Å²) in [4.78, 5) is 4.32. The van der Waals surface area contributed by atoms with E-state index in [0.29, 0.717) is 28.8 Å². The van der Waals surface area contributed by atoms with E-state index in [2.05, 4.69) is 16.2 Å². The Labute approximate surface area is 139 Å². The van der Waals surface area contributed by atoms with Gasteiger partial charge in [0.2, 0.25) is 5.82 Å². The van der Waals surface area contributed by atoms with E-state index < -0.39 is 0 Å². The lowest BCUT2D eigenvalue weighted by Gasteiger charge is -2.08. The highest BCUT2D eigenvalue weighted by Gasteiger charge is 2.11. The van der Waals surface area contributed by atoms with Crippen molar-refractivity contribution < 1.29 is 14.0 Å². The summed E-state index contributed by atoms with van der Waals surface area (Å²) < 4.78 is 16.1. The summed E-state index contributed by atoms with van der Waals surface area (Å²) in [7, 11) is 1.52. The number of aryl methyl sites for hydroxylation is 1. The molecule has 2 aromatic carbocycles. The smallest absolute Gasteiger partial charge is 0.264 e. The molecule has 0 fully saturated rings. The first-order valence-electron chi connectivity index (χ1n) is 7.30. The number of nitrogens with zero attached hydrogens (tertiary/aromatic N) is 3. The van der Waals surface area contributed by atoms with E-state index in [0.717, 1.165) is 5.56 Å². The number of benzene rings is 2. The average molecular weight is 321 g/mol. The first-order chi connectivity index (χ1) is 11.7. The molecule has 0 saturated heterocycles. The number of hydrogen-bond donors (Lipinski definition) is 0. The maximum absolute atomic E-state index is 8.90. The van der Waals surface area contributed by atoms with Crippen LogP contribution in [0.25, 0.3) is 11.4 Å². The number of rotatable bonds is 5. The molecule has 0 spiro atoms. The second-order valence-electron chi connectivity index (χ2n) is 5.14. The predicted molar refractivity (Wildman–Crippen MR) is 86.5 cm³/mol. The Hall–Kier alpha value is -3.33. The quantitative estimate of drug-likeness (QED) is 0.715. The van der Waals surface area contributed by atoms with E-state index in [1.165, 1.54) is 12.7 Å². The van der Waals surface area contributed by atoms with Gasteiger partial charge in [-0.2, -0.15) is 10.2 Å². The van der Waals surface area contributed by atoms with Gasteiger partial charge in [0, 0.05) is 11.6 Å². The molecule has 3 aromatic rings. The van der Waals surface area contributed by atoms with Crippen molar-refractivity contribution in [1.29, 1.82) is 5.26 Å². The normalized spacial score (nSPS) is 10.2. The third-order valence-electron chi connectivity index (χ3n) is 3.42. The van der Waals surface area contributed by atoms with Crippen LogP contribution in [0, 0.1) is 18.3 Å². The average Bonchev–Trinajstić information content (AvgIpc) is 3.09. The highest BCUT2D eigenvalue weighted by atomic mass is 16.5. The second kappa shape index (κ2) is 6.84. The molecule has 0 bridgehead atoms. The monoisotopic (exact) mass is 321 g/mol. The van der Waals surface area contributed by atoms with Gasteiger partial charge in [0.1, 0.15) is 0 Å². The van der Waals surface area contributed by atoms with Crippen LogP contribution in [0.2, 0.25) is 0 Å². The molecular weight excluding hydrogens is 306 g/mol. The zero-order chi connectivity index (χ0) is 16.9. The fourth-order valence-electron chi connectivity index (χ4n) is 2.13. The minimum Gasteiger partial charge on any atom is -0.493 e. The van der Waals surface area contributed by atoms with Crippen LogP contribution >= 0.6 is 0 Å². The van der Waals surface area contributed by atoms with Crippen molar-refractivity contribution in [2.75, 3.05) is 7.11 Å². The lowest BCUT2D eigenvalue weighted by Crippen LogP contribution is -1.98. The molecule has 24 heavy (non-hydrogen) atoms. The molecule has 0 radical (unpaired) electrons. The summed E-state index contributed by atoms with van der Waals surface area (Å²) in [6.07, 6.45) is 0. The Morgan fingerprint density at radius 1 is 1.12 bits per heavy atom. The van der Waals surface area contributed by atoms with Gasteiger partial charge in [-0.1, -0.05) is 35.0 Å². The summed E-state index contributed by atoms with van der Waals surface area (Å²) >= 11 is 0. The molecule has 6 nitrogen and oxygen atoms in total. The van der Waals surface area contributed by atoms with Crippen LogP contribution in [0.4, 0.5) is 0 Å². The van der Waals surface area contributed by atoms with Crippen LogP contribution in [0.3, 0.4) is 0 Å². The third kappa shape index (κ3) is 3.36. The fraction of sp³-hybridized carbons (Fsp3) is 0.167. The largest absolute Gasteiger partial charge is 0.493 e. The SMILES string of the molecule is COc1cc(C#N)ccc1OCc1nc(-c2ccc(C)cc2)no1. The molecule has 0 N–H and O–H groups in total. The number of methoxy groups -OCH3 is 1. The van der Waals surface area contributed by atoms with Crippen molar-refractivity contribution in [3.05, 3.63) is 59.5 Å². The van der Waals surface area contributed by atoms with Crippen LogP contribution in [-0.4, -0.2) is 17.3 Å². The summed E-state index contributed by atoms with van der Waals surface area (Å²) in [5.41, 5.74) is 2.55. The van der Waals surface area contributed by atoms with Gasteiger partial charge in [-0.3, -0.25) is 0 Å². The Balaban J connectivity index is 1.72. The summed E-state index contributed by atoms with van der Waals surface area (Å²) in [6, 6.07) is 14.9. The van der Waals surface area contributed by atoms with Crippen molar-refractivity contribution >= 4 is 0 Å². The van der Waals surface area contributed by atoms with Crippen LogP contribution in [0.5, 0.6) is 11.5 Å². The first-order valence-corrected chi connectivity index (χ1v) is 7.30. The van der Waals surface area contributed by atoms with E-state index >= 15 is 0 Å².